The molecule has 1 saturated heterocycles. The Labute approximate surface area is 75.8 Å². The number of rotatable bonds is 3. The van der Waals surface area contributed by atoms with Gasteiger partial charge >= 0.3 is 0 Å². The number of hydrogen-bond acceptors (Lipinski definition) is 4. The van der Waals surface area contributed by atoms with Crippen molar-refractivity contribution in [2.45, 2.75) is 10.9 Å². The molecule has 1 fully saturated rings. The Morgan fingerprint density at radius 1 is 1.54 bits per heavy atom. The Balaban J connectivity index is 2.12. The molecule has 7 heteroatoms. The van der Waals surface area contributed by atoms with Gasteiger partial charge in [0.2, 0.25) is 10.0 Å². The van der Waals surface area contributed by atoms with Crippen LogP contribution < -0.4 is 10.0 Å². The van der Waals surface area contributed by atoms with E-state index < -0.39 is 10.0 Å². The molecule has 0 spiro atoms. The summed E-state index contributed by atoms with van der Waals surface area (Å²) in [6.07, 6.45) is 2.64. The van der Waals surface area contributed by atoms with Crippen LogP contribution in [0.3, 0.4) is 0 Å². The zero-order valence-corrected chi connectivity index (χ0v) is 7.63. The van der Waals surface area contributed by atoms with Crippen LogP contribution in [-0.4, -0.2) is 37.7 Å². The molecular formula is C6H10N4O2S. The third kappa shape index (κ3) is 1.71. The molecule has 0 saturated carbocycles. The van der Waals surface area contributed by atoms with E-state index >= 15 is 0 Å². The predicted molar refractivity (Wildman–Crippen MR) is 45.6 cm³/mol. The fourth-order valence-corrected chi connectivity index (χ4v) is 2.19. The van der Waals surface area contributed by atoms with Crippen molar-refractivity contribution in [2.24, 2.45) is 0 Å². The number of aromatic nitrogens is 2. The maximum Gasteiger partial charge on any atom is 0.244 e. The van der Waals surface area contributed by atoms with Crippen molar-refractivity contribution in [3.63, 3.8) is 0 Å². The van der Waals surface area contributed by atoms with Crippen molar-refractivity contribution in [2.75, 3.05) is 13.1 Å². The van der Waals surface area contributed by atoms with Crippen molar-refractivity contribution >= 4 is 10.0 Å². The fourth-order valence-electron chi connectivity index (χ4n) is 1.05. The average molecular weight is 202 g/mol. The summed E-state index contributed by atoms with van der Waals surface area (Å²) in [5.74, 6) is 0. The summed E-state index contributed by atoms with van der Waals surface area (Å²) in [4.78, 5) is 0.180. The van der Waals surface area contributed by atoms with Gasteiger partial charge in [0.05, 0.1) is 6.20 Å². The van der Waals surface area contributed by atoms with E-state index in [1.807, 2.05) is 0 Å². The number of H-pyrrole nitrogens is 1. The summed E-state index contributed by atoms with van der Waals surface area (Å²) in [6, 6.07) is 0.0138. The SMILES string of the molecule is O=S(=O)(NC1CNC1)c1cn[nH]c1. The van der Waals surface area contributed by atoms with E-state index in [1.165, 1.54) is 12.4 Å². The van der Waals surface area contributed by atoms with Crippen LogP contribution >= 0.6 is 0 Å². The average Bonchev–Trinajstić information content (AvgIpc) is 2.49. The highest BCUT2D eigenvalue weighted by Gasteiger charge is 2.24. The Bertz CT molecular complexity index is 367. The largest absolute Gasteiger partial charge is 0.313 e. The van der Waals surface area contributed by atoms with Gasteiger partial charge < -0.3 is 5.32 Å². The van der Waals surface area contributed by atoms with Crippen LogP contribution in [0.4, 0.5) is 0 Å². The van der Waals surface area contributed by atoms with Gasteiger partial charge in [-0.3, -0.25) is 5.10 Å². The van der Waals surface area contributed by atoms with Crippen LogP contribution in [0.5, 0.6) is 0 Å². The molecule has 1 aromatic heterocycles. The van der Waals surface area contributed by atoms with E-state index in [2.05, 4.69) is 20.2 Å². The molecule has 0 unspecified atom stereocenters. The molecule has 2 rings (SSSR count). The standard InChI is InChI=1S/C6H10N4O2S/c11-13(12,6-3-8-9-4-6)10-5-1-7-2-5/h3-5,7,10H,1-2H2,(H,8,9). The summed E-state index contributed by atoms with van der Waals surface area (Å²) in [7, 11) is -3.36. The minimum absolute atomic E-state index is 0.0138. The number of nitrogens with zero attached hydrogens (tertiary/aromatic N) is 1. The lowest BCUT2D eigenvalue weighted by molar-refractivity contribution is 0.410. The summed E-state index contributed by atoms with van der Waals surface area (Å²) >= 11 is 0. The second-order valence-electron chi connectivity index (χ2n) is 2.91. The van der Waals surface area contributed by atoms with Crippen LogP contribution in [-0.2, 0) is 10.0 Å². The summed E-state index contributed by atoms with van der Waals surface area (Å²) in [5.41, 5.74) is 0. The van der Waals surface area contributed by atoms with Crippen molar-refractivity contribution in [3.8, 4) is 0 Å². The first-order chi connectivity index (χ1) is 6.18. The quantitative estimate of drug-likeness (QED) is 0.566. The molecule has 0 radical (unpaired) electrons. The molecule has 0 aromatic carbocycles. The Morgan fingerprint density at radius 3 is 2.77 bits per heavy atom. The van der Waals surface area contributed by atoms with Gasteiger partial charge in [-0.25, -0.2) is 13.1 Å². The third-order valence-corrected chi connectivity index (χ3v) is 3.37. The highest BCUT2D eigenvalue weighted by molar-refractivity contribution is 7.89. The third-order valence-electron chi connectivity index (χ3n) is 1.89. The molecule has 3 N–H and O–H groups in total. The van der Waals surface area contributed by atoms with Crippen molar-refractivity contribution in [1.29, 1.82) is 0 Å². The number of nitrogens with one attached hydrogen (secondary N) is 3. The molecule has 1 aliphatic heterocycles. The van der Waals surface area contributed by atoms with Crippen LogP contribution in [0, 0.1) is 0 Å². The Kier molecular flexibility index (Phi) is 2.06. The molecular weight excluding hydrogens is 192 g/mol. The monoisotopic (exact) mass is 202 g/mol. The van der Waals surface area contributed by atoms with Crippen LogP contribution in [0.2, 0.25) is 0 Å². The van der Waals surface area contributed by atoms with Gasteiger partial charge in [0, 0.05) is 25.3 Å². The summed E-state index contributed by atoms with van der Waals surface area (Å²) in [6.45, 7) is 1.38. The lowest BCUT2D eigenvalue weighted by Crippen LogP contribution is -2.56. The maximum atomic E-state index is 11.5. The zero-order chi connectivity index (χ0) is 9.31. The first-order valence-corrected chi connectivity index (χ1v) is 5.38. The maximum absolute atomic E-state index is 11.5. The molecule has 2 heterocycles. The Morgan fingerprint density at radius 2 is 2.31 bits per heavy atom. The molecule has 0 aliphatic carbocycles. The minimum atomic E-state index is -3.36. The second-order valence-corrected chi connectivity index (χ2v) is 4.62. The highest BCUT2D eigenvalue weighted by atomic mass is 32.2. The first kappa shape index (κ1) is 8.67. The van der Waals surface area contributed by atoms with E-state index in [-0.39, 0.29) is 10.9 Å². The highest BCUT2D eigenvalue weighted by Crippen LogP contribution is 2.06. The van der Waals surface area contributed by atoms with Gasteiger partial charge in [-0.05, 0) is 0 Å². The molecule has 1 aromatic rings. The zero-order valence-electron chi connectivity index (χ0n) is 6.82. The van der Waals surface area contributed by atoms with Crippen molar-refractivity contribution in [1.82, 2.24) is 20.2 Å². The topological polar surface area (TPSA) is 86.9 Å². The van der Waals surface area contributed by atoms with Gasteiger partial charge in [0.15, 0.2) is 0 Å². The van der Waals surface area contributed by atoms with E-state index in [9.17, 15) is 8.42 Å². The van der Waals surface area contributed by atoms with E-state index in [4.69, 9.17) is 0 Å². The van der Waals surface area contributed by atoms with E-state index in [0.717, 1.165) is 0 Å². The van der Waals surface area contributed by atoms with Crippen LogP contribution in [0.25, 0.3) is 0 Å². The lowest BCUT2D eigenvalue weighted by atomic mass is 10.2. The van der Waals surface area contributed by atoms with Gasteiger partial charge in [0.25, 0.3) is 0 Å². The van der Waals surface area contributed by atoms with Crippen LogP contribution in [0.1, 0.15) is 0 Å². The molecule has 72 valence electrons. The van der Waals surface area contributed by atoms with Crippen LogP contribution in [0.15, 0.2) is 17.3 Å². The van der Waals surface area contributed by atoms with E-state index in [0.29, 0.717) is 13.1 Å². The molecule has 0 atom stereocenters. The van der Waals surface area contributed by atoms with E-state index in [1.54, 1.807) is 0 Å². The van der Waals surface area contributed by atoms with Gasteiger partial charge in [-0.1, -0.05) is 0 Å². The van der Waals surface area contributed by atoms with Gasteiger partial charge in [0.1, 0.15) is 4.90 Å². The summed E-state index contributed by atoms with van der Waals surface area (Å²) in [5, 5.41) is 9.02. The van der Waals surface area contributed by atoms with Crippen molar-refractivity contribution in [3.05, 3.63) is 12.4 Å². The summed E-state index contributed by atoms with van der Waals surface area (Å²) < 4.78 is 25.5. The van der Waals surface area contributed by atoms with Gasteiger partial charge in [-0.2, -0.15) is 5.10 Å². The number of hydrogen-bond donors (Lipinski definition) is 3. The molecule has 0 amide bonds. The lowest BCUT2D eigenvalue weighted by Gasteiger charge is -2.27. The number of sulfonamides is 1. The van der Waals surface area contributed by atoms with Crippen molar-refractivity contribution < 1.29 is 8.42 Å². The molecule has 0 bridgehead atoms. The molecule has 6 nitrogen and oxygen atoms in total. The minimum Gasteiger partial charge on any atom is -0.313 e. The fraction of sp³-hybridized carbons (Fsp3) is 0.500. The normalized spacial score (nSPS) is 18.5. The molecule has 1 aliphatic rings. The smallest absolute Gasteiger partial charge is 0.244 e. The van der Waals surface area contributed by atoms with Gasteiger partial charge in [-0.15, -0.1) is 0 Å². The Hall–Kier alpha value is -0.920. The molecule has 13 heavy (non-hydrogen) atoms. The second kappa shape index (κ2) is 3.09. The number of aromatic amines is 1. The predicted octanol–water partition coefficient (Wildman–Crippen LogP) is -1.34. The first-order valence-electron chi connectivity index (χ1n) is 3.90.